The number of aromatic nitrogens is 2. The van der Waals surface area contributed by atoms with E-state index in [1.165, 1.54) is 41.4 Å². The number of benzene rings is 3. The molecule has 3 aromatic carbocycles. The summed E-state index contributed by atoms with van der Waals surface area (Å²) in [6.07, 6.45) is 2.00. The number of hydrogen-bond donors (Lipinski definition) is 2. The van der Waals surface area contributed by atoms with Gasteiger partial charge >= 0.3 is 0 Å². The maximum atomic E-state index is 13.0. The van der Waals surface area contributed by atoms with E-state index in [1.54, 1.807) is 29.7 Å². The molecule has 4 rings (SSSR count). The third kappa shape index (κ3) is 4.99. The minimum Gasteiger partial charge on any atom is -0.298 e. The van der Waals surface area contributed by atoms with Gasteiger partial charge in [0.25, 0.3) is 11.5 Å². The summed E-state index contributed by atoms with van der Waals surface area (Å²) < 4.78 is 27.6. The molecule has 0 radical (unpaired) electrons. The van der Waals surface area contributed by atoms with Crippen LogP contribution in [0, 0.1) is 0 Å². The normalized spacial score (nSPS) is 11.7. The summed E-state index contributed by atoms with van der Waals surface area (Å²) in [6.45, 7) is 0.358. The molecule has 0 fully saturated rings. The van der Waals surface area contributed by atoms with Crippen molar-refractivity contribution < 1.29 is 18.4 Å². The van der Waals surface area contributed by atoms with Gasteiger partial charge in [-0.3, -0.25) is 19.4 Å². The van der Waals surface area contributed by atoms with E-state index in [0.717, 1.165) is 16.7 Å². The molecule has 180 valence electrons. The fraction of sp³-hybridized carbons (Fsp3) is 0.160. The van der Waals surface area contributed by atoms with Crippen LogP contribution in [0.5, 0.6) is 0 Å². The van der Waals surface area contributed by atoms with E-state index in [4.69, 9.17) is 5.21 Å². The van der Waals surface area contributed by atoms with Gasteiger partial charge in [-0.2, -0.15) is 0 Å². The Balaban J connectivity index is 1.59. The van der Waals surface area contributed by atoms with Crippen molar-refractivity contribution in [2.24, 2.45) is 0 Å². The average Bonchev–Trinajstić information content (AvgIpc) is 2.88. The second-order valence-electron chi connectivity index (χ2n) is 8.18. The molecule has 1 aromatic heterocycles. The third-order valence-electron chi connectivity index (χ3n) is 5.70. The topological polar surface area (TPSA) is 122 Å². The molecule has 35 heavy (non-hydrogen) atoms. The molecule has 1 heterocycles. The van der Waals surface area contributed by atoms with Gasteiger partial charge < -0.3 is 0 Å². The summed E-state index contributed by atoms with van der Waals surface area (Å²) in [5.74, 6) is -0.707. The zero-order valence-electron chi connectivity index (χ0n) is 19.2. The highest BCUT2D eigenvalue weighted by Gasteiger charge is 2.17. The Hall–Kier alpha value is -3.86. The smallest absolute Gasteiger partial charge is 0.274 e. The lowest BCUT2D eigenvalue weighted by molar-refractivity contribution is 0.0706. The molecule has 0 aliphatic rings. The number of fused-ring (bicyclic) bond motifs is 1. The lowest BCUT2D eigenvalue weighted by Crippen LogP contribution is -2.23. The summed E-state index contributed by atoms with van der Waals surface area (Å²) >= 11 is 0. The summed E-state index contributed by atoms with van der Waals surface area (Å²) in [5, 5.41) is 9.13. The average molecular weight is 493 g/mol. The molecule has 10 heteroatoms. The Bertz CT molecular complexity index is 1580. The number of nitrogens with one attached hydrogen (secondary N) is 1. The number of sulfonamides is 1. The Morgan fingerprint density at radius 2 is 1.74 bits per heavy atom. The van der Waals surface area contributed by atoms with Crippen molar-refractivity contribution in [3.63, 3.8) is 0 Å². The van der Waals surface area contributed by atoms with Crippen LogP contribution in [-0.4, -0.2) is 47.5 Å². The van der Waals surface area contributed by atoms with Crippen LogP contribution >= 0.6 is 0 Å². The SMILES string of the molecule is CN(C)S(=O)(=O)c1cccc(-c2cccc(CCn3cnc4ccc(C(=O)NO)cc4c3=O)c2)c1. The largest absolute Gasteiger partial charge is 0.298 e. The minimum atomic E-state index is -3.55. The molecule has 0 saturated carbocycles. The van der Waals surface area contributed by atoms with Crippen LogP contribution in [0.3, 0.4) is 0 Å². The summed E-state index contributed by atoms with van der Waals surface area (Å²) in [4.78, 5) is 29.2. The standard InChI is InChI=1S/C25H24N4O5S/c1-28(2)35(33,34)21-8-4-7-19(14-21)18-6-3-5-17(13-18)11-12-29-16-26-23-10-9-20(24(30)27-32)15-22(23)25(29)31/h3-10,13-16,32H,11-12H2,1-2H3,(H,27,30). The predicted octanol–water partition coefficient (Wildman–Crippen LogP) is 2.68. The molecule has 0 aliphatic heterocycles. The summed E-state index contributed by atoms with van der Waals surface area (Å²) in [6, 6.07) is 18.9. The van der Waals surface area contributed by atoms with Crippen LogP contribution in [0.2, 0.25) is 0 Å². The Morgan fingerprint density at radius 1 is 1.03 bits per heavy atom. The van der Waals surface area contributed by atoms with Gasteiger partial charge in [-0.1, -0.05) is 36.4 Å². The van der Waals surface area contributed by atoms with E-state index in [2.05, 4.69) is 4.98 Å². The van der Waals surface area contributed by atoms with Gasteiger partial charge in [-0.25, -0.2) is 23.2 Å². The number of hydrogen-bond acceptors (Lipinski definition) is 6. The molecule has 0 saturated heterocycles. The molecule has 2 N–H and O–H groups in total. The van der Waals surface area contributed by atoms with E-state index in [9.17, 15) is 18.0 Å². The highest BCUT2D eigenvalue weighted by atomic mass is 32.2. The van der Waals surface area contributed by atoms with Gasteiger partial charge in [-0.15, -0.1) is 0 Å². The van der Waals surface area contributed by atoms with Gasteiger partial charge in [0.2, 0.25) is 10.0 Å². The zero-order chi connectivity index (χ0) is 25.2. The van der Waals surface area contributed by atoms with Crippen LogP contribution in [-0.2, 0) is 23.0 Å². The summed E-state index contributed by atoms with van der Waals surface area (Å²) in [7, 11) is -0.558. The molecule has 0 aliphatic carbocycles. The Morgan fingerprint density at radius 3 is 2.46 bits per heavy atom. The molecule has 1 amide bonds. The molecule has 9 nitrogen and oxygen atoms in total. The van der Waals surface area contributed by atoms with Gasteiger partial charge in [0.15, 0.2) is 0 Å². The first kappa shape index (κ1) is 24.3. The van der Waals surface area contributed by atoms with Crippen molar-refractivity contribution >= 4 is 26.8 Å². The van der Waals surface area contributed by atoms with Crippen molar-refractivity contribution in [3.8, 4) is 11.1 Å². The predicted molar refractivity (Wildman–Crippen MR) is 132 cm³/mol. The highest BCUT2D eigenvalue weighted by Crippen LogP contribution is 2.25. The van der Waals surface area contributed by atoms with Crippen LogP contribution in [0.1, 0.15) is 15.9 Å². The second-order valence-corrected chi connectivity index (χ2v) is 10.3. The summed E-state index contributed by atoms with van der Waals surface area (Å²) in [5.41, 5.74) is 4.47. The minimum absolute atomic E-state index is 0.155. The van der Waals surface area contributed by atoms with E-state index >= 15 is 0 Å². The number of hydroxylamine groups is 1. The quantitative estimate of drug-likeness (QED) is 0.302. The monoisotopic (exact) mass is 492 g/mol. The van der Waals surface area contributed by atoms with Crippen LogP contribution in [0.25, 0.3) is 22.0 Å². The second kappa shape index (κ2) is 9.79. The van der Waals surface area contributed by atoms with E-state index < -0.39 is 15.9 Å². The van der Waals surface area contributed by atoms with Gasteiger partial charge in [0.05, 0.1) is 22.1 Å². The van der Waals surface area contributed by atoms with Crippen LogP contribution < -0.4 is 11.0 Å². The molecular formula is C25H24N4O5S. The van der Waals surface area contributed by atoms with Crippen molar-refractivity contribution in [2.45, 2.75) is 17.9 Å². The number of carbonyl (C=O) groups is 1. The van der Waals surface area contributed by atoms with E-state index in [0.29, 0.717) is 18.5 Å². The number of carbonyl (C=O) groups excluding carboxylic acids is 1. The van der Waals surface area contributed by atoms with Crippen molar-refractivity contribution in [1.82, 2.24) is 19.3 Å². The fourth-order valence-corrected chi connectivity index (χ4v) is 4.67. The number of amides is 1. The molecule has 0 bridgehead atoms. The van der Waals surface area contributed by atoms with Crippen LogP contribution in [0.15, 0.2) is 82.7 Å². The fourth-order valence-electron chi connectivity index (χ4n) is 3.73. The highest BCUT2D eigenvalue weighted by molar-refractivity contribution is 7.89. The van der Waals surface area contributed by atoms with Gasteiger partial charge in [0.1, 0.15) is 0 Å². The number of nitrogens with zero attached hydrogens (tertiary/aromatic N) is 3. The van der Waals surface area contributed by atoms with Crippen molar-refractivity contribution in [3.05, 3.63) is 94.5 Å². The van der Waals surface area contributed by atoms with Crippen molar-refractivity contribution in [1.29, 1.82) is 0 Å². The number of aryl methyl sites for hydroxylation is 2. The first-order chi connectivity index (χ1) is 16.7. The first-order valence-electron chi connectivity index (χ1n) is 10.8. The van der Waals surface area contributed by atoms with E-state index in [1.807, 2.05) is 30.3 Å². The maximum Gasteiger partial charge on any atom is 0.274 e. The molecule has 0 atom stereocenters. The zero-order valence-corrected chi connectivity index (χ0v) is 20.0. The molecule has 0 spiro atoms. The van der Waals surface area contributed by atoms with E-state index in [-0.39, 0.29) is 21.4 Å². The number of rotatable bonds is 7. The van der Waals surface area contributed by atoms with Gasteiger partial charge in [0, 0.05) is 26.2 Å². The lowest BCUT2D eigenvalue weighted by Gasteiger charge is -2.13. The molecular weight excluding hydrogens is 468 g/mol. The van der Waals surface area contributed by atoms with Gasteiger partial charge in [-0.05, 0) is 53.4 Å². The van der Waals surface area contributed by atoms with Crippen LogP contribution in [0.4, 0.5) is 0 Å². The molecule has 4 aromatic rings. The third-order valence-corrected chi connectivity index (χ3v) is 7.51. The Kier molecular flexibility index (Phi) is 6.79. The lowest BCUT2D eigenvalue weighted by atomic mass is 10.0. The maximum absolute atomic E-state index is 13.0. The van der Waals surface area contributed by atoms with Crippen molar-refractivity contribution in [2.75, 3.05) is 14.1 Å². The first-order valence-corrected chi connectivity index (χ1v) is 12.2. The molecule has 0 unspecified atom stereocenters. The Labute approximate surface area is 202 Å².